The molecule has 3 fully saturated rings. The fourth-order valence-corrected chi connectivity index (χ4v) is 4.51. The van der Waals surface area contributed by atoms with E-state index in [9.17, 15) is 9.59 Å². The van der Waals surface area contributed by atoms with Gasteiger partial charge < -0.3 is 19.1 Å². The molecule has 30 heavy (non-hydrogen) atoms. The third-order valence-corrected chi connectivity index (χ3v) is 6.38. The first-order chi connectivity index (χ1) is 14.3. The number of ether oxygens (including phenoxy) is 1. The molecule has 2 aliphatic heterocycles. The van der Waals surface area contributed by atoms with Crippen molar-refractivity contribution in [3.8, 4) is 0 Å². The second-order valence-electron chi connectivity index (χ2n) is 10.0. The molecular weight excluding hydrogens is 380 g/mol. The summed E-state index contributed by atoms with van der Waals surface area (Å²) in [5.41, 5.74) is 0.303. The van der Waals surface area contributed by atoms with E-state index < -0.39 is 5.60 Å². The second-order valence-corrected chi connectivity index (χ2v) is 10.0. The maximum atomic E-state index is 13.2. The van der Waals surface area contributed by atoms with Crippen molar-refractivity contribution in [2.24, 2.45) is 5.92 Å². The molecule has 3 heterocycles. The Morgan fingerprint density at radius 1 is 0.967 bits per heavy atom. The van der Waals surface area contributed by atoms with Crippen molar-refractivity contribution in [2.75, 3.05) is 45.8 Å². The first kappa shape index (κ1) is 21.2. The predicted octanol–water partition coefficient (Wildman–Crippen LogP) is 3.23. The zero-order chi connectivity index (χ0) is 21.3. The number of piperidine rings is 1. The van der Waals surface area contributed by atoms with Crippen LogP contribution in [-0.2, 0) is 4.74 Å². The van der Waals surface area contributed by atoms with Gasteiger partial charge in [0.2, 0.25) is 0 Å². The van der Waals surface area contributed by atoms with E-state index in [4.69, 9.17) is 4.74 Å². The van der Waals surface area contributed by atoms with E-state index in [-0.39, 0.29) is 18.0 Å². The van der Waals surface area contributed by atoms with E-state index in [1.165, 1.54) is 19.4 Å². The lowest BCUT2D eigenvalue weighted by Gasteiger charge is -2.36. The Hall–Kier alpha value is -2.02. The quantitative estimate of drug-likeness (QED) is 0.756. The van der Waals surface area contributed by atoms with E-state index >= 15 is 0 Å². The van der Waals surface area contributed by atoms with Crippen molar-refractivity contribution in [1.29, 1.82) is 0 Å². The molecule has 1 aliphatic carbocycles. The number of rotatable bonds is 4. The molecule has 0 N–H and O–H groups in total. The Morgan fingerprint density at radius 2 is 1.63 bits per heavy atom. The average Bonchev–Trinajstić information content (AvgIpc) is 3.39. The van der Waals surface area contributed by atoms with Crippen LogP contribution in [0.3, 0.4) is 0 Å². The molecule has 7 nitrogen and oxygen atoms in total. The summed E-state index contributed by atoms with van der Waals surface area (Å²) in [6.45, 7) is 11.8. The minimum atomic E-state index is -0.476. The van der Waals surface area contributed by atoms with Crippen LogP contribution in [-0.4, -0.2) is 82.7 Å². The maximum absolute atomic E-state index is 13.2. The summed E-state index contributed by atoms with van der Waals surface area (Å²) in [5.74, 6) is 1.04. The Kier molecular flexibility index (Phi) is 6.09. The Labute approximate surface area is 179 Å². The number of nitrogens with zero attached hydrogens (tertiary/aromatic N) is 4. The second kappa shape index (κ2) is 8.61. The molecule has 2 amide bonds. The van der Waals surface area contributed by atoms with Crippen LogP contribution in [0.15, 0.2) is 18.3 Å². The van der Waals surface area contributed by atoms with E-state index in [0.29, 0.717) is 13.1 Å². The van der Waals surface area contributed by atoms with Crippen molar-refractivity contribution in [2.45, 2.75) is 58.1 Å². The van der Waals surface area contributed by atoms with Gasteiger partial charge in [0.25, 0.3) is 5.91 Å². The smallest absolute Gasteiger partial charge is 0.410 e. The first-order valence-electron chi connectivity index (χ1n) is 11.5. The Bertz CT molecular complexity index is 749. The minimum absolute atomic E-state index is 0.139. The first-order valence-corrected chi connectivity index (χ1v) is 11.5. The van der Waals surface area contributed by atoms with Crippen LogP contribution in [0.25, 0.3) is 0 Å². The van der Waals surface area contributed by atoms with Gasteiger partial charge in [-0.15, -0.1) is 0 Å². The van der Waals surface area contributed by atoms with E-state index in [2.05, 4.69) is 9.47 Å². The highest BCUT2D eigenvalue weighted by molar-refractivity contribution is 5.93. The number of hydrogen-bond donors (Lipinski definition) is 0. The predicted molar refractivity (Wildman–Crippen MR) is 116 cm³/mol. The van der Waals surface area contributed by atoms with Crippen molar-refractivity contribution < 1.29 is 14.3 Å². The average molecular weight is 417 g/mol. The van der Waals surface area contributed by atoms with Crippen LogP contribution < -0.4 is 0 Å². The number of likely N-dealkylation sites (tertiary alicyclic amines) is 1. The van der Waals surface area contributed by atoms with E-state index in [0.717, 1.165) is 50.6 Å². The van der Waals surface area contributed by atoms with Crippen molar-refractivity contribution in [1.82, 2.24) is 19.3 Å². The zero-order valence-corrected chi connectivity index (χ0v) is 18.7. The standard InChI is InChI=1S/C23H36N4O3/c1-23(2,3)30-22(29)26-11-8-19(9-12-26)27-10-4-5-20(27)21(28)25-15-13-24(14-16-25)17-18-6-7-18/h4-5,10,18-19H,6-9,11-17H2,1-3H3. The molecule has 3 aliphatic rings. The van der Waals surface area contributed by atoms with Crippen LogP contribution in [0.1, 0.15) is 63.0 Å². The number of carbonyl (C=O) groups is 2. The van der Waals surface area contributed by atoms with Gasteiger partial charge in [-0.05, 0) is 64.5 Å². The number of carbonyl (C=O) groups excluding carboxylic acids is 2. The molecule has 0 atom stereocenters. The van der Waals surface area contributed by atoms with Gasteiger partial charge in [0.05, 0.1) is 0 Å². The molecule has 1 aromatic rings. The van der Waals surface area contributed by atoms with Gasteiger partial charge in [0.1, 0.15) is 11.3 Å². The van der Waals surface area contributed by atoms with Gasteiger partial charge >= 0.3 is 6.09 Å². The minimum Gasteiger partial charge on any atom is -0.444 e. The Balaban J connectivity index is 1.31. The molecule has 2 saturated heterocycles. The SMILES string of the molecule is CC(C)(C)OC(=O)N1CCC(n2cccc2C(=O)N2CCN(CC3CC3)CC2)CC1. The number of amides is 2. The zero-order valence-electron chi connectivity index (χ0n) is 18.7. The molecule has 1 aromatic heterocycles. The molecular formula is C23H36N4O3. The number of piperazine rings is 1. The molecule has 4 rings (SSSR count). The maximum Gasteiger partial charge on any atom is 0.410 e. The van der Waals surface area contributed by atoms with Gasteiger partial charge in [-0.2, -0.15) is 0 Å². The summed E-state index contributed by atoms with van der Waals surface area (Å²) >= 11 is 0. The largest absolute Gasteiger partial charge is 0.444 e. The third kappa shape index (κ3) is 5.17. The number of hydrogen-bond acceptors (Lipinski definition) is 4. The molecule has 0 spiro atoms. The highest BCUT2D eigenvalue weighted by atomic mass is 16.6. The van der Waals surface area contributed by atoms with Crippen LogP contribution in [0.4, 0.5) is 4.79 Å². The summed E-state index contributed by atoms with van der Waals surface area (Å²) in [6, 6.07) is 4.16. The van der Waals surface area contributed by atoms with Gasteiger partial charge in [-0.25, -0.2) is 4.79 Å². The van der Waals surface area contributed by atoms with Crippen molar-refractivity contribution >= 4 is 12.0 Å². The summed E-state index contributed by atoms with van der Waals surface area (Å²) in [7, 11) is 0. The van der Waals surface area contributed by atoms with Gasteiger partial charge in [0, 0.05) is 58.1 Å². The molecule has 0 aromatic carbocycles. The highest BCUT2D eigenvalue weighted by Gasteiger charge is 2.31. The lowest BCUT2D eigenvalue weighted by molar-refractivity contribution is 0.0186. The fraction of sp³-hybridized carbons (Fsp3) is 0.739. The van der Waals surface area contributed by atoms with Crippen LogP contribution >= 0.6 is 0 Å². The summed E-state index contributed by atoms with van der Waals surface area (Å²) in [4.78, 5) is 31.8. The summed E-state index contributed by atoms with van der Waals surface area (Å²) < 4.78 is 7.63. The molecule has 1 saturated carbocycles. The lowest BCUT2D eigenvalue weighted by Crippen LogP contribution is -2.49. The normalized spacial score (nSPS) is 21.7. The molecule has 0 unspecified atom stereocenters. The molecule has 166 valence electrons. The monoisotopic (exact) mass is 416 g/mol. The van der Waals surface area contributed by atoms with E-state index in [1.807, 2.05) is 44.0 Å². The fourth-order valence-electron chi connectivity index (χ4n) is 4.51. The topological polar surface area (TPSA) is 58.0 Å². The van der Waals surface area contributed by atoms with Crippen LogP contribution in [0, 0.1) is 5.92 Å². The van der Waals surface area contributed by atoms with Crippen LogP contribution in [0.2, 0.25) is 0 Å². The van der Waals surface area contributed by atoms with Gasteiger partial charge in [0.15, 0.2) is 0 Å². The molecule has 0 bridgehead atoms. The Morgan fingerprint density at radius 3 is 2.23 bits per heavy atom. The third-order valence-electron chi connectivity index (χ3n) is 6.38. The van der Waals surface area contributed by atoms with Gasteiger partial charge in [-0.1, -0.05) is 0 Å². The molecule has 0 radical (unpaired) electrons. The lowest BCUT2D eigenvalue weighted by atomic mass is 10.0. The highest BCUT2D eigenvalue weighted by Crippen LogP contribution is 2.30. The van der Waals surface area contributed by atoms with Crippen molar-refractivity contribution in [3.63, 3.8) is 0 Å². The van der Waals surface area contributed by atoms with Gasteiger partial charge in [-0.3, -0.25) is 9.69 Å². The van der Waals surface area contributed by atoms with Crippen LogP contribution in [0.5, 0.6) is 0 Å². The number of aromatic nitrogens is 1. The summed E-state index contributed by atoms with van der Waals surface area (Å²) in [5, 5.41) is 0. The van der Waals surface area contributed by atoms with E-state index in [1.54, 1.807) is 4.90 Å². The summed E-state index contributed by atoms with van der Waals surface area (Å²) in [6.07, 6.45) is 6.20. The molecule has 7 heteroatoms. The van der Waals surface area contributed by atoms with Crippen molar-refractivity contribution in [3.05, 3.63) is 24.0 Å².